The molecule has 1 amide bonds. The van der Waals surface area contributed by atoms with Gasteiger partial charge in [0.1, 0.15) is 37.6 Å². The van der Waals surface area contributed by atoms with Gasteiger partial charge in [-0.1, -0.05) is 72.7 Å². The molecular formula is C36H47N6O17P3. The van der Waals surface area contributed by atoms with E-state index in [9.17, 15) is 33.4 Å². The van der Waals surface area contributed by atoms with Gasteiger partial charge in [-0.05, 0) is 16.7 Å². The number of aliphatic hydroxyl groups excluding tert-OH is 1. The van der Waals surface area contributed by atoms with Crippen molar-refractivity contribution in [2.75, 3.05) is 81.6 Å². The minimum atomic E-state index is -5.73. The van der Waals surface area contributed by atoms with E-state index in [0.717, 1.165) is 16.7 Å². The minimum Gasteiger partial charge on any atom is -0.390 e. The van der Waals surface area contributed by atoms with Crippen molar-refractivity contribution in [3.8, 4) is 12.0 Å². The van der Waals surface area contributed by atoms with Gasteiger partial charge in [0.05, 0.1) is 65.5 Å². The molecule has 5 atom stereocenters. The highest BCUT2D eigenvalue weighted by Crippen LogP contribution is 2.66. The van der Waals surface area contributed by atoms with Gasteiger partial charge in [0, 0.05) is 12.5 Å². The summed E-state index contributed by atoms with van der Waals surface area (Å²) < 4.78 is 74.4. The molecule has 1 fully saturated rings. The van der Waals surface area contributed by atoms with Gasteiger partial charge in [-0.3, -0.25) is 14.2 Å². The summed E-state index contributed by atoms with van der Waals surface area (Å²) in [4.78, 5) is 60.0. The number of carbonyl (C=O) groups is 1. The summed E-state index contributed by atoms with van der Waals surface area (Å²) in [6.07, 6.45) is 1.76. The zero-order valence-electron chi connectivity index (χ0n) is 33.0. The van der Waals surface area contributed by atoms with Crippen LogP contribution in [0.25, 0.3) is 12.2 Å². The molecule has 8 N–H and O–H groups in total. The number of rotatable bonds is 24. The van der Waals surface area contributed by atoms with Gasteiger partial charge in [-0.15, -0.1) is 0 Å². The highest BCUT2D eigenvalue weighted by molar-refractivity contribution is 7.66. The fraction of sp³-hybridized carbons (Fsp3) is 0.417. The van der Waals surface area contributed by atoms with Gasteiger partial charge in [-0.2, -0.15) is 8.62 Å². The number of hydrogen-bond donors (Lipinski definition) is 7. The standard InChI is InChI=1S/C36H47N6O17P3/c37-35-34-36(40-25-39-35)42(33-21-30(43)31(57-33)23-56-61(48,49)59-62(50,51)58-60(45,46)47)26-41(34)14-4-13-38-32(44)24-55-20-18-53-16-15-52-17-19-54-22-29-11-9-28(10-12-29)8-7-27-5-2-1-3-6-27/h1-3,5-12,25,30-31,33,43H,13,15-24,26H2,(H,38,44)(H,48,49)(H,50,51)(H2,37,39,40)(H2,45,46,47)/t30-,31+,33+/m0/s1. The number of hydrogen-bond acceptors (Lipinski definition) is 18. The summed E-state index contributed by atoms with van der Waals surface area (Å²) in [6, 6.07) is 21.1. The Kier molecular flexibility index (Phi) is 18.5. The van der Waals surface area contributed by atoms with Crippen molar-refractivity contribution in [1.82, 2.24) is 15.3 Å². The van der Waals surface area contributed by atoms with E-state index < -0.39 is 54.4 Å². The summed E-state index contributed by atoms with van der Waals surface area (Å²) in [7, 11) is -16.8. The van der Waals surface area contributed by atoms with E-state index in [1.54, 1.807) is 4.90 Å². The lowest BCUT2D eigenvalue weighted by Gasteiger charge is -2.25. The molecule has 0 spiro atoms. The number of nitrogens with one attached hydrogen (secondary N) is 1. The molecule has 0 bridgehead atoms. The maximum Gasteiger partial charge on any atom is 0.490 e. The zero-order chi connectivity index (χ0) is 44.6. The first-order valence-electron chi connectivity index (χ1n) is 18.7. The minimum absolute atomic E-state index is 0.00474. The van der Waals surface area contributed by atoms with Crippen LogP contribution in [-0.4, -0.2) is 125 Å². The van der Waals surface area contributed by atoms with Gasteiger partial charge in [0.15, 0.2) is 11.6 Å². The smallest absolute Gasteiger partial charge is 0.390 e. The van der Waals surface area contributed by atoms with Crippen LogP contribution in [0.2, 0.25) is 0 Å². The number of anilines is 3. The Morgan fingerprint density at radius 1 is 0.871 bits per heavy atom. The van der Waals surface area contributed by atoms with Crippen molar-refractivity contribution in [2.24, 2.45) is 0 Å². The van der Waals surface area contributed by atoms with Crippen LogP contribution >= 0.6 is 23.5 Å². The molecule has 0 saturated carbocycles. The number of ether oxygens (including phenoxy) is 5. The van der Waals surface area contributed by atoms with E-state index in [2.05, 4.69) is 64.7 Å². The normalized spacial score (nSPS) is 19.5. The maximum absolute atomic E-state index is 12.3. The Hall–Kier alpha value is -4.14. The first kappa shape index (κ1) is 48.9. The molecular weight excluding hydrogens is 881 g/mol. The van der Waals surface area contributed by atoms with Gasteiger partial charge in [0.2, 0.25) is 5.91 Å². The molecule has 3 heterocycles. The molecule has 5 rings (SSSR count). The third kappa shape index (κ3) is 16.5. The third-order valence-electron chi connectivity index (χ3n) is 8.49. The number of nitrogen functional groups attached to an aromatic ring is 1. The van der Waals surface area contributed by atoms with Crippen molar-refractivity contribution in [1.29, 1.82) is 0 Å². The summed E-state index contributed by atoms with van der Waals surface area (Å²) in [6.45, 7) is 1.37. The van der Waals surface area contributed by atoms with E-state index in [4.69, 9.17) is 39.2 Å². The second-order valence-electron chi connectivity index (χ2n) is 13.2. The van der Waals surface area contributed by atoms with Crippen LogP contribution in [0, 0.1) is 12.0 Å². The van der Waals surface area contributed by atoms with Crippen LogP contribution in [-0.2, 0) is 61.9 Å². The summed E-state index contributed by atoms with van der Waals surface area (Å²) in [5.74, 6) is 2.73. The number of fused-ring (bicyclic) bond motifs is 1. The molecule has 0 aliphatic carbocycles. The average Bonchev–Trinajstić information content (AvgIpc) is 3.78. The number of carbonyl (C=O) groups excluding carboxylic acids is 1. The van der Waals surface area contributed by atoms with Gasteiger partial charge in [-0.25, -0.2) is 23.7 Å². The van der Waals surface area contributed by atoms with Crippen LogP contribution in [0.15, 0.2) is 60.9 Å². The highest BCUT2D eigenvalue weighted by atomic mass is 31.3. The molecule has 1 saturated heterocycles. The summed E-state index contributed by atoms with van der Waals surface area (Å²) in [5.41, 5.74) is 9.73. The Balaban J connectivity index is 0.918. The maximum atomic E-state index is 12.3. The van der Waals surface area contributed by atoms with Gasteiger partial charge in [0.25, 0.3) is 0 Å². The van der Waals surface area contributed by atoms with E-state index in [1.807, 2.05) is 42.5 Å². The molecule has 1 aromatic heterocycles. The van der Waals surface area contributed by atoms with Crippen molar-refractivity contribution in [3.63, 3.8) is 0 Å². The quantitative estimate of drug-likeness (QED) is 0.0292. The molecule has 26 heteroatoms. The van der Waals surface area contributed by atoms with Crippen molar-refractivity contribution < 1.29 is 80.0 Å². The summed E-state index contributed by atoms with van der Waals surface area (Å²) >= 11 is 0. The molecule has 3 aromatic rings. The zero-order valence-corrected chi connectivity index (χ0v) is 35.7. The number of aromatic nitrogens is 2. The van der Waals surface area contributed by atoms with Gasteiger partial charge < -0.3 is 64.3 Å². The van der Waals surface area contributed by atoms with E-state index in [-0.39, 0.29) is 51.1 Å². The number of phosphoric acid groups is 3. The highest BCUT2D eigenvalue weighted by Gasteiger charge is 2.45. The van der Waals surface area contributed by atoms with Gasteiger partial charge >= 0.3 is 23.5 Å². The third-order valence-corrected chi connectivity index (χ3v) is 12.3. The Morgan fingerprint density at radius 3 is 2.19 bits per heavy atom. The second-order valence-corrected chi connectivity index (χ2v) is 17.6. The lowest BCUT2D eigenvalue weighted by molar-refractivity contribution is -0.126. The topological polar surface area (TPSA) is 314 Å². The van der Waals surface area contributed by atoms with Crippen molar-refractivity contribution in [3.05, 3.63) is 77.6 Å². The van der Waals surface area contributed by atoms with E-state index in [1.165, 1.54) is 11.2 Å². The molecule has 2 unspecified atom stereocenters. The second kappa shape index (κ2) is 23.5. The monoisotopic (exact) mass is 928 g/mol. The van der Waals surface area contributed by atoms with Crippen LogP contribution in [0.3, 0.4) is 0 Å². The molecule has 62 heavy (non-hydrogen) atoms. The number of amides is 1. The first-order valence-corrected chi connectivity index (χ1v) is 23.2. The number of phosphoric ester groups is 1. The van der Waals surface area contributed by atoms with Crippen LogP contribution in [0.1, 0.15) is 23.1 Å². The number of benzene rings is 2. The number of nitrogens with two attached hydrogens (primary N) is 1. The lowest BCUT2D eigenvalue weighted by Crippen LogP contribution is -2.38. The predicted molar refractivity (Wildman–Crippen MR) is 220 cm³/mol. The lowest BCUT2D eigenvalue weighted by atomic mass is 10.1. The van der Waals surface area contributed by atoms with E-state index >= 15 is 0 Å². The molecule has 0 radical (unpaired) electrons. The fourth-order valence-electron chi connectivity index (χ4n) is 5.71. The molecule has 2 aliphatic heterocycles. The number of aliphatic hydroxyl groups is 1. The fourth-order valence-corrected chi connectivity index (χ4v) is 8.74. The van der Waals surface area contributed by atoms with Crippen LogP contribution < -0.4 is 20.9 Å². The average molecular weight is 929 g/mol. The molecule has 23 nitrogen and oxygen atoms in total. The number of nitrogens with zero attached hydrogens (tertiary/aromatic N) is 4. The molecule has 338 valence electrons. The van der Waals surface area contributed by atoms with Crippen LogP contribution in [0.5, 0.6) is 0 Å². The first-order chi connectivity index (χ1) is 29.6. The van der Waals surface area contributed by atoms with E-state index in [0.29, 0.717) is 38.7 Å². The largest absolute Gasteiger partial charge is 0.490 e. The molecule has 2 aromatic carbocycles. The van der Waals surface area contributed by atoms with Crippen molar-refractivity contribution >= 4 is 58.9 Å². The predicted octanol–water partition coefficient (Wildman–Crippen LogP) is 1.98. The Labute approximate surface area is 356 Å². The molecule has 2 aliphatic rings. The van der Waals surface area contributed by atoms with Crippen molar-refractivity contribution in [2.45, 2.75) is 31.5 Å². The Morgan fingerprint density at radius 2 is 1.52 bits per heavy atom. The Bertz CT molecular complexity index is 2160. The summed E-state index contributed by atoms with van der Waals surface area (Å²) in [5, 5.41) is 13.2. The SMILES string of the molecule is Nc1ncnc2c1N(C#CCNC(=O)COCCOCCOCCOCc1ccc(C=Cc3ccccc3)cc1)CN2[C@H]1C[C@H](O)[C@@H](COP(=O)(O)OP(=O)(O)OP(=O)(O)O)O1. The van der Waals surface area contributed by atoms with Crippen LogP contribution in [0.4, 0.5) is 17.3 Å².